The Morgan fingerprint density at radius 1 is 1.20 bits per heavy atom. The molecule has 1 aromatic heterocycles. The van der Waals surface area contributed by atoms with E-state index in [0.29, 0.717) is 34.7 Å². The van der Waals surface area contributed by atoms with Gasteiger partial charge in [0.05, 0.1) is 6.20 Å². The number of rotatable bonds is 7. The smallest absolute Gasteiger partial charge is 0.273 e. The maximum Gasteiger partial charge on any atom is 0.273 e. The molecule has 0 atom stereocenters. The molecule has 3 N–H and O–H groups in total. The van der Waals surface area contributed by atoms with E-state index in [2.05, 4.69) is 21.4 Å². The van der Waals surface area contributed by atoms with Crippen LogP contribution in [0, 0.1) is 0 Å². The Bertz CT molecular complexity index is 1090. The number of benzene rings is 2. The lowest BCUT2D eigenvalue weighted by Gasteiger charge is -2.12. The van der Waals surface area contributed by atoms with Crippen molar-refractivity contribution >= 4 is 35.1 Å². The molecule has 4 rings (SSSR count). The lowest BCUT2D eigenvalue weighted by molar-refractivity contribution is 0.0946. The predicted octanol–water partition coefficient (Wildman–Crippen LogP) is 5.01. The largest absolute Gasteiger partial charge is 0.453 e. The van der Waals surface area contributed by atoms with Crippen molar-refractivity contribution in [3.8, 4) is 11.5 Å². The zero-order valence-corrected chi connectivity index (χ0v) is 17.6. The molecule has 0 radical (unpaired) electrons. The molecule has 1 aliphatic carbocycles. The van der Waals surface area contributed by atoms with Gasteiger partial charge in [-0.25, -0.2) is 9.97 Å². The van der Waals surface area contributed by atoms with Crippen molar-refractivity contribution in [2.75, 3.05) is 12.3 Å². The van der Waals surface area contributed by atoms with Gasteiger partial charge in [-0.15, -0.1) is 0 Å². The summed E-state index contributed by atoms with van der Waals surface area (Å²) in [5.74, 6) is 1.08. The van der Waals surface area contributed by atoms with Gasteiger partial charge in [-0.2, -0.15) is 0 Å². The van der Waals surface area contributed by atoms with Crippen LogP contribution in [0.25, 0.3) is 0 Å². The van der Waals surface area contributed by atoms with Gasteiger partial charge in [-0.3, -0.25) is 4.79 Å². The topological polar surface area (TPSA) is 90.1 Å². The van der Waals surface area contributed by atoms with Crippen LogP contribution in [0.3, 0.4) is 0 Å². The molecular formula is C22H20Cl2N4O2. The van der Waals surface area contributed by atoms with Gasteiger partial charge in [0.15, 0.2) is 11.4 Å². The summed E-state index contributed by atoms with van der Waals surface area (Å²) in [6.45, 7) is 0.362. The predicted molar refractivity (Wildman–Crippen MR) is 117 cm³/mol. The number of aromatic nitrogens is 2. The van der Waals surface area contributed by atoms with E-state index in [9.17, 15) is 4.79 Å². The number of nitrogens with zero attached hydrogens (tertiary/aromatic N) is 2. The second-order valence-electron chi connectivity index (χ2n) is 7.13. The van der Waals surface area contributed by atoms with Crippen LogP contribution in [0.1, 0.15) is 40.4 Å². The Kier molecular flexibility index (Phi) is 6.06. The Morgan fingerprint density at radius 2 is 2.03 bits per heavy atom. The Labute approximate surface area is 184 Å². The molecule has 3 aromatic rings. The third-order valence-corrected chi connectivity index (χ3v) is 5.41. The molecule has 6 nitrogen and oxygen atoms in total. The first-order valence-electron chi connectivity index (χ1n) is 9.62. The van der Waals surface area contributed by atoms with Gasteiger partial charge in [-0.1, -0.05) is 41.4 Å². The van der Waals surface area contributed by atoms with Crippen molar-refractivity contribution in [3.63, 3.8) is 0 Å². The van der Waals surface area contributed by atoms with Crippen LogP contribution in [-0.2, 0) is 6.42 Å². The summed E-state index contributed by atoms with van der Waals surface area (Å²) in [5.41, 5.74) is 7.90. The zero-order chi connectivity index (χ0) is 21.1. The van der Waals surface area contributed by atoms with Crippen molar-refractivity contribution in [2.45, 2.75) is 25.2 Å². The van der Waals surface area contributed by atoms with E-state index in [-0.39, 0.29) is 17.4 Å². The molecule has 0 spiro atoms. The van der Waals surface area contributed by atoms with Crippen LogP contribution >= 0.6 is 23.2 Å². The van der Waals surface area contributed by atoms with Gasteiger partial charge in [0.1, 0.15) is 5.75 Å². The van der Waals surface area contributed by atoms with Crippen molar-refractivity contribution < 1.29 is 9.53 Å². The van der Waals surface area contributed by atoms with E-state index in [1.807, 2.05) is 24.3 Å². The third-order valence-electron chi connectivity index (χ3n) is 4.82. The lowest BCUT2D eigenvalue weighted by atomic mass is 10.1. The van der Waals surface area contributed by atoms with Crippen molar-refractivity contribution in [2.24, 2.45) is 0 Å². The number of carbonyl (C=O) groups is 1. The molecule has 1 fully saturated rings. The van der Waals surface area contributed by atoms with E-state index >= 15 is 0 Å². The summed E-state index contributed by atoms with van der Waals surface area (Å²) >= 11 is 12.1. The highest BCUT2D eigenvalue weighted by Crippen LogP contribution is 2.41. The molecule has 1 heterocycles. The van der Waals surface area contributed by atoms with Crippen LogP contribution < -0.4 is 15.8 Å². The maximum absolute atomic E-state index is 12.7. The molecular weight excluding hydrogens is 423 g/mol. The van der Waals surface area contributed by atoms with Crippen LogP contribution in [0.15, 0.2) is 48.7 Å². The Balaban J connectivity index is 1.45. The molecule has 8 heteroatoms. The summed E-state index contributed by atoms with van der Waals surface area (Å²) in [6.07, 6.45) is 4.35. The second-order valence-corrected chi connectivity index (χ2v) is 7.98. The van der Waals surface area contributed by atoms with Crippen LogP contribution in [-0.4, -0.2) is 22.4 Å². The summed E-state index contributed by atoms with van der Waals surface area (Å²) in [5, 5.41) is 3.95. The van der Waals surface area contributed by atoms with E-state index in [0.717, 1.165) is 5.56 Å². The van der Waals surface area contributed by atoms with E-state index in [1.165, 1.54) is 24.6 Å². The molecule has 1 aliphatic rings. The van der Waals surface area contributed by atoms with Crippen molar-refractivity contribution in [1.82, 2.24) is 15.3 Å². The molecule has 30 heavy (non-hydrogen) atoms. The van der Waals surface area contributed by atoms with Gasteiger partial charge in [0.25, 0.3) is 5.91 Å². The molecule has 0 aliphatic heterocycles. The normalized spacial score (nSPS) is 13.1. The number of hydrogen-bond donors (Lipinski definition) is 2. The first kappa shape index (κ1) is 20.4. The SMILES string of the molecule is Nc1ncc(Oc2cccc(C3CC3)c2)c(C(=O)NCCc2ccc(Cl)cc2Cl)n1. The monoisotopic (exact) mass is 442 g/mol. The number of carbonyl (C=O) groups excluding carboxylic acids is 1. The van der Waals surface area contributed by atoms with Gasteiger partial charge in [0.2, 0.25) is 5.95 Å². The number of hydrogen-bond acceptors (Lipinski definition) is 5. The fourth-order valence-corrected chi connectivity index (χ4v) is 3.62. The Morgan fingerprint density at radius 3 is 2.80 bits per heavy atom. The summed E-state index contributed by atoms with van der Waals surface area (Å²) < 4.78 is 5.92. The number of ether oxygens (including phenoxy) is 1. The van der Waals surface area contributed by atoms with Crippen LogP contribution in [0.4, 0.5) is 5.95 Å². The van der Waals surface area contributed by atoms with E-state index < -0.39 is 5.91 Å². The quantitative estimate of drug-likeness (QED) is 0.536. The number of halogens is 2. The average molecular weight is 443 g/mol. The standard InChI is InChI=1S/C22H20Cl2N4O2/c23-16-7-6-14(18(24)11-16)8-9-26-21(29)20-19(12-27-22(25)28-20)30-17-3-1-2-15(10-17)13-4-5-13/h1-3,6-7,10-13H,4-5,8-9H2,(H,26,29)(H2,25,27,28). The van der Waals surface area contributed by atoms with E-state index in [4.69, 9.17) is 33.7 Å². The minimum atomic E-state index is -0.400. The summed E-state index contributed by atoms with van der Waals surface area (Å²) in [4.78, 5) is 20.8. The number of nitrogens with one attached hydrogen (secondary N) is 1. The maximum atomic E-state index is 12.7. The Hall–Kier alpha value is -2.83. The van der Waals surface area contributed by atoms with Gasteiger partial charge < -0.3 is 15.8 Å². The first-order valence-corrected chi connectivity index (χ1v) is 10.4. The number of anilines is 1. The summed E-state index contributed by atoms with van der Waals surface area (Å²) in [7, 11) is 0. The lowest BCUT2D eigenvalue weighted by Crippen LogP contribution is -2.27. The minimum Gasteiger partial charge on any atom is -0.453 e. The average Bonchev–Trinajstić information content (AvgIpc) is 3.56. The molecule has 1 saturated carbocycles. The first-order chi connectivity index (χ1) is 14.5. The van der Waals surface area contributed by atoms with E-state index in [1.54, 1.807) is 12.1 Å². The second kappa shape index (κ2) is 8.90. The third kappa shape index (κ3) is 5.01. The molecule has 1 amide bonds. The van der Waals surface area contributed by atoms with Crippen molar-refractivity contribution in [1.29, 1.82) is 0 Å². The highest BCUT2D eigenvalue weighted by molar-refractivity contribution is 6.35. The highest BCUT2D eigenvalue weighted by Gasteiger charge is 2.24. The fourth-order valence-electron chi connectivity index (χ4n) is 3.12. The molecule has 154 valence electrons. The molecule has 2 aromatic carbocycles. The molecule has 0 unspecified atom stereocenters. The fraction of sp³-hybridized carbons (Fsp3) is 0.227. The highest BCUT2D eigenvalue weighted by atomic mass is 35.5. The number of nitrogen functional groups attached to an aromatic ring is 1. The molecule has 0 saturated heterocycles. The number of nitrogens with two attached hydrogens (primary N) is 1. The van der Waals surface area contributed by atoms with Gasteiger partial charge >= 0.3 is 0 Å². The minimum absolute atomic E-state index is 0.0000215. The van der Waals surface area contributed by atoms with Crippen molar-refractivity contribution in [3.05, 3.63) is 75.5 Å². The van der Waals surface area contributed by atoms with Crippen LogP contribution in [0.2, 0.25) is 10.0 Å². The van der Waals surface area contributed by atoms with Gasteiger partial charge in [0, 0.05) is 16.6 Å². The molecule has 0 bridgehead atoms. The summed E-state index contributed by atoms with van der Waals surface area (Å²) in [6, 6.07) is 13.1. The van der Waals surface area contributed by atoms with Crippen LogP contribution in [0.5, 0.6) is 11.5 Å². The zero-order valence-electron chi connectivity index (χ0n) is 16.1. The van der Waals surface area contributed by atoms with Gasteiger partial charge in [-0.05, 0) is 60.6 Å². The number of amides is 1.